The molecule has 140 valence electrons. The number of carbonyl (C=O) groups excluding carboxylic acids is 1. The first kappa shape index (κ1) is 19.8. The second kappa shape index (κ2) is 8.25. The number of amides is 1. The molecule has 1 heterocycles. The minimum atomic E-state index is -0.505. The fraction of sp³-hybridized carbons (Fsp3) is 0.312. The Morgan fingerprint density at radius 3 is 2.50 bits per heavy atom. The Bertz CT molecular complexity index is 935. The van der Waals surface area contributed by atoms with Crippen LogP contribution in [0.5, 0.6) is 0 Å². The number of nitrogens with one attached hydrogen (secondary N) is 3. The fourth-order valence-electron chi connectivity index (χ4n) is 2.35. The summed E-state index contributed by atoms with van der Waals surface area (Å²) in [5, 5.41) is 5.59. The average Bonchev–Trinajstić information content (AvgIpc) is 2.62. The van der Waals surface area contributed by atoms with Crippen molar-refractivity contribution < 1.29 is 4.79 Å². The Morgan fingerprint density at radius 1 is 1.19 bits per heavy atom. The molecule has 0 radical (unpaired) electrons. The van der Waals surface area contributed by atoms with Crippen LogP contribution in [0, 0.1) is 0 Å². The molecular weight excluding hydrogens is 451 g/mol. The van der Waals surface area contributed by atoms with Crippen molar-refractivity contribution >= 4 is 51.7 Å². The Morgan fingerprint density at radius 2 is 1.88 bits per heavy atom. The first-order chi connectivity index (χ1) is 12.3. The van der Waals surface area contributed by atoms with Crippen LogP contribution in [0.2, 0.25) is 0 Å². The molecular formula is C16H21IN6O3. The van der Waals surface area contributed by atoms with Crippen molar-refractivity contribution in [2.45, 2.75) is 0 Å². The van der Waals surface area contributed by atoms with E-state index < -0.39 is 11.2 Å². The predicted molar refractivity (Wildman–Crippen MR) is 112 cm³/mol. The van der Waals surface area contributed by atoms with Crippen LogP contribution in [0.15, 0.2) is 33.9 Å². The molecule has 0 unspecified atom stereocenters. The summed E-state index contributed by atoms with van der Waals surface area (Å²) in [6.45, 7) is -0.120. The van der Waals surface area contributed by atoms with Crippen molar-refractivity contribution in [3.8, 4) is 0 Å². The molecule has 2 aromatic rings. The van der Waals surface area contributed by atoms with Crippen LogP contribution < -0.4 is 30.3 Å². The molecule has 1 aromatic carbocycles. The predicted octanol–water partition coefficient (Wildman–Crippen LogP) is 0.962. The summed E-state index contributed by atoms with van der Waals surface area (Å²) in [5.41, 5.74) is 0.809. The van der Waals surface area contributed by atoms with Crippen LogP contribution in [0.25, 0.3) is 0 Å². The van der Waals surface area contributed by atoms with E-state index in [-0.39, 0.29) is 18.1 Å². The van der Waals surface area contributed by atoms with Crippen LogP contribution in [-0.4, -0.2) is 35.7 Å². The van der Waals surface area contributed by atoms with Gasteiger partial charge in [-0.3, -0.25) is 18.7 Å². The van der Waals surface area contributed by atoms with Gasteiger partial charge in [0.05, 0.1) is 29.4 Å². The van der Waals surface area contributed by atoms with E-state index in [4.69, 9.17) is 0 Å². The third-order valence-corrected chi connectivity index (χ3v) is 4.34. The maximum atomic E-state index is 12.3. The normalized spacial score (nSPS) is 10.3. The van der Waals surface area contributed by atoms with Gasteiger partial charge in [0.2, 0.25) is 5.91 Å². The molecule has 1 amide bonds. The molecule has 2 rings (SSSR count). The molecule has 0 aliphatic rings. The SMILES string of the molecule is CN(C)c1cccc(NC(=O)CNc2c(NI)n(C)c(=O)n(C)c2=O)c1. The first-order valence-corrected chi connectivity index (χ1v) is 8.82. The molecule has 10 heteroatoms. The van der Waals surface area contributed by atoms with E-state index in [0.717, 1.165) is 10.3 Å². The molecule has 0 aliphatic carbocycles. The van der Waals surface area contributed by atoms with E-state index in [1.165, 1.54) is 11.6 Å². The van der Waals surface area contributed by atoms with Crippen molar-refractivity contribution in [2.75, 3.05) is 39.7 Å². The highest BCUT2D eigenvalue weighted by Gasteiger charge is 2.15. The molecule has 3 N–H and O–H groups in total. The van der Waals surface area contributed by atoms with Gasteiger partial charge in [-0.25, -0.2) is 4.79 Å². The highest BCUT2D eigenvalue weighted by Crippen LogP contribution is 2.18. The lowest BCUT2D eigenvalue weighted by Crippen LogP contribution is -2.39. The number of rotatable bonds is 6. The van der Waals surface area contributed by atoms with Gasteiger partial charge in [0, 0.05) is 39.6 Å². The number of nitrogens with zero attached hydrogens (tertiary/aromatic N) is 3. The third kappa shape index (κ3) is 4.18. The zero-order valence-corrected chi connectivity index (χ0v) is 17.1. The van der Waals surface area contributed by atoms with E-state index in [9.17, 15) is 14.4 Å². The fourth-order valence-corrected chi connectivity index (χ4v) is 2.98. The van der Waals surface area contributed by atoms with Gasteiger partial charge in [0.1, 0.15) is 11.5 Å². The van der Waals surface area contributed by atoms with Crippen molar-refractivity contribution in [3.63, 3.8) is 0 Å². The van der Waals surface area contributed by atoms with Gasteiger partial charge in [-0.15, -0.1) is 0 Å². The number of benzene rings is 1. The van der Waals surface area contributed by atoms with Crippen molar-refractivity contribution in [2.24, 2.45) is 14.1 Å². The molecule has 0 aliphatic heterocycles. The van der Waals surface area contributed by atoms with Gasteiger partial charge in [0.25, 0.3) is 5.56 Å². The molecule has 26 heavy (non-hydrogen) atoms. The topological polar surface area (TPSA) is 100 Å². The summed E-state index contributed by atoms with van der Waals surface area (Å²) >= 11 is 1.83. The summed E-state index contributed by atoms with van der Waals surface area (Å²) in [4.78, 5) is 38.4. The van der Waals surface area contributed by atoms with Gasteiger partial charge < -0.3 is 19.1 Å². The van der Waals surface area contributed by atoms with Crippen LogP contribution in [-0.2, 0) is 18.9 Å². The number of hydrogen-bond donors (Lipinski definition) is 3. The Balaban J connectivity index is 2.17. The number of halogens is 1. The van der Waals surface area contributed by atoms with Crippen LogP contribution in [0.1, 0.15) is 0 Å². The van der Waals surface area contributed by atoms with E-state index in [1.54, 1.807) is 13.1 Å². The van der Waals surface area contributed by atoms with E-state index in [0.29, 0.717) is 11.5 Å². The summed E-state index contributed by atoms with van der Waals surface area (Å²) in [5.74, 6) is -0.00248. The van der Waals surface area contributed by atoms with Crippen LogP contribution in [0.3, 0.4) is 0 Å². The monoisotopic (exact) mass is 472 g/mol. The standard InChI is InChI=1S/C16H21IN6O3/c1-21(2)11-7-5-6-10(8-11)19-12(24)9-18-13-14(20-17)22(3)16(26)23(4)15(13)25/h5-8,18,20H,9H2,1-4H3,(H,19,24). The largest absolute Gasteiger partial charge is 0.378 e. The van der Waals surface area contributed by atoms with Crippen LogP contribution >= 0.6 is 22.9 Å². The molecule has 0 atom stereocenters. The Hall–Kier alpha value is -2.50. The smallest absolute Gasteiger partial charge is 0.332 e. The third-order valence-electron chi connectivity index (χ3n) is 3.83. The summed E-state index contributed by atoms with van der Waals surface area (Å²) in [6.07, 6.45) is 0. The Kier molecular flexibility index (Phi) is 6.29. The van der Waals surface area contributed by atoms with E-state index >= 15 is 0 Å². The molecule has 0 bridgehead atoms. The molecule has 0 spiro atoms. The van der Waals surface area contributed by atoms with Gasteiger partial charge >= 0.3 is 5.69 Å². The van der Waals surface area contributed by atoms with Crippen molar-refractivity contribution in [1.29, 1.82) is 0 Å². The zero-order valence-electron chi connectivity index (χ0n) is 15.0. The highest BCUT2D eigenvalue weighted by atomic mass is 127. The maximum absolute atomic E-state index is 12.3. The minimum Gasteiger partial charge on any atom is -0.378 e. The van der Waals surface area contributed by atoms with Gasteiger partial charge in [-0.2, -0.15) is 0 Å². The summed E-state index contributed by atoms with van der Waals surface area (Å²) in [6, 6.07) is 7.41. The quantitative estimate of drug-likeness (QED) is 0.428. The number of hydrogen-bond acceptors (Lipinski definition) is 6. The summed E-state index contributed by atoms with van der Waals surface area (Å²) in [7, 11) is 6.76. The lowest BCUT2D eigenvalue weighted by Gasteiger charge is -2.16. The zero-order chi connectivity index (χ0) is 19.4. The van der Waals surface area contributed by atoms with Gasteiger partial charge in [-0.1, -0.05) is 6.07 Å². The molecule has 0 saturated heterocycles. The highest BCUT2D eigenvalue weighted by molar-refractivity contribution is 14.1. The lowest BCUT2D eigenvalue weighted by molar-refractivity contribution is -0.114. The number of carbonyl (C=O) groups is 1. The molecule has 0 fully saturated rings. The number of aromatic nitrogens is 2. The summed E-state index contributed by atoms with van der Waals surface area (Å²) < 4.78 is 5.07. The lowest BCUT2D eigenvalue weighted by atomic mass is 10.2. The van der Waals surface area contributed by atoms with Crippen LogP contribution in [0.4, 0.5) is 22.9 Å². The molecule has 1 aromatic heterocycles. The molecule has 0 saturated carbocycles. The second-order valence-electron chi connectivity index (χ2n) is 5.87. The van der Waals surface area contributed by atoms with Gasteiger partial charge in [0.15, 0.2) is 0 Å². The second-order valence-corrected chi connectivity index (χ2v) is 6.41. The maximum Gasteiger partial charge on any atom is 0.332 e. The minimum absolute atomic E-state index is 0.120. The van der Waals surface area contributed by atoms with E-state index in [1.807, 2.05) is 60.1 Å². The van der Waals surface area contributed by atoms with Crippen molar-refractivity contribution in [3.05, 3.63) is 45.1 Å². The van der Waals surface area contributed by atoms with Crippen molar-refractivity contribution in [1.82, 2.24) is 9.13 Å². The molecule has 9 nitrogen and oxygen atoms in total. The van der Waals surface area contributed by atoms with Gasteiger partial charge in [-0.05, 0) is 18.2 Å². The number of anilines is 4. The Labute approximate surface area is 164 Å². The van der Waals surface area contributed by atoms with E-state index in [2.05, 4.69) is 14.2 Å². The average molecular weight is 472 g/mol. The first-order valence-electron chi connectivity index (χ1n) is 7.74.